The lowest BCUT2D eigenvalue weighted by atomic mass is 9.86. The average Bonchev–Trinajstić information content (AvgIpc) is 3.12. The maximum absolute atomic E-state index is 12.0. The highest BCUT2D eigenvalue weighted by Crippen LogP contribution is 2.36. The van der Waals surface area contributed by atoms with Gasteiger partial charge in [-0.1, -0.05) is 63.2 Å². The molecule has 6 heteroatoms. The summed E-state index contributed by atoms with van der Waals surface area (Å²) in [5.41, 5.74) is 5.28. The first kappa shape index (κ1) is 21.8. The zero-order chi connectivity index (χ0) is 23.3. The van der Waals surface area contributed by atoms with Crippen LogP contribution in [-0.4, -0.2) is 30.7 Å². The van der Waals surface area contributed by atoms with E-state index in [1.54, 1.807) is 12.1 Å². The van der Waals surface area contributed by atoms with Crippen LogP contribution in [0.4, 0.5) is 0 Å². The summed E-state index contributed by atoms with van der Waals surface area (Å²) < 4.78 is 23.6. The number of carboxylic acids is 1. The van der Waals surface area contributed by atoms with Crippen molar-refractivity contribution in [1.82, 2.24) is 4.98 Å². The summed E-state index contributed by atoms with van der Waals surface area (Å²) in [6.07, 6.45) is 1.15. The van der Waals surface area contributed by atoms with Gasteiger partial charge in [0.05, 0.1) is 4.90 Å². The number of aromatic nitrogens is 1. The Hall–Kier alpha value is -3.38. The summed E-state index contributed by atoms with van der Waals surface area (Å²) in [7, 11) is -3.34. The van der Waals surface area contributed by atoms with Crippen LogP contribution in [0.15, 0.2) is 71.6 Å². The van der Waals surface area contributed by atoms with Gasteiger partial charge in [0.1, 0.15) is 5.69 Å². The number of nitrogens with one attached hydrogen (secondary N) is 1. The minimum absolute atomic E-state index is 0.0603. The van der Waals surface area contributed by atoms with Crippen LogP contribution in [-0.2, 0) is 15.3 Å². The molecule has 3 aromatic carbocycles. The van der Waals surface area contributed by atoms with Crippen LogP contribution in [0.3, 0.4) is 0 Å². The summed E-state index contributed by atoms with van der Waals surface area (Å²) in [6.45, 7) is 6.51. The fourth-order valence-corrected chi connectivity index (χ4v) is 4.49. The van der Waals surface area contributed by atoms with E-state index in [-0.39, 0.29) is 16.0 Å². The first-order valence-electron chi connectivity index (χ1n) is 10.3. The molecule has 5 nitrogen and oxygen atoms in total. The Morgan fingerprint density at radius 2 is 1.41 bits per heavy atom. The van der Waals surface area contributed by atoms with E-state index in [9.17, 15) is 18.3 Å². The fourth-order valence-electron chi connectivity index (χ4n) is 3.86. The molecule has 4 rings (SSSR count). The van der Waals surface area contributed by atoms with Gasteiger partial charge in [-0.05, 0) is 51.9 Å². The molecule has 1 aromatic heterocycles. The highest BCUT2D eigenvalue weighted by atomic mass is 32.2. The molecule has 0 unspecified atom stereocenters. The third kappa shape index (κ3) is 4.06. The van der Waals surface area contributed by atoms with E-state index in [2.05, 4.69) is 50.0 Å². The van der Waals surface area contributed by atoms with Gasteiger partial charge in [0, 0.05) is 22.7 Å². The molecule has 0 aliphatic rings. The van der Waals surface area contributed by atoms with Gasteiger partial charge in [-0.2, -0.15) is 0 Å². The molecule has 0 amide bonds. The summed E-state index contributed by atoms with van der Waals surface area (Å²) in [4.78, 5) is 15.1. The second-order valence-electron chi connectivity index (χ2n) is 9.06. The third-order valence-electron chi connectivity index (χ3n) is 5.67. The van der Waals surface area contributed by atoms with Gasteiger partial charge >= 0.3 is 5.97 Å². The molecule has 0 saturated heterocycles. The van der Waals surface area contributed by atoms with Crippen molar-refractivity contribution in [3.05, 3.63) is 78.0 Å². The highest BCUT2D eigenvalue weighted by molar-refractivity contribution is 7.90. The Balaban J connectivity index is 1.87. The van der Waals surface area contributed by atoms with Crippen molar-refractivity contribution in [3.8, 4) is 22.3 Å². The number of H-pyrrole nitrogens is 1. The summed E-state index contributed by atoms with van der Waals surface area (Å²) >= 11 is 0. The van der Waals surface area contributed by atoms with Crippen LogP contribution in [0, 0.1) is 0 Å². The Morgan fingerprint density at radius 1 is 0.844 bits per heavy atom. The number of aromatic carboxylic acids is 1. The number of fused-ring (bicyclic) bond motifs is 1. The molecule has 0 atom stereocenters. The molecule has 0 fully saturated rings. The molecule has 32 heavy (non-hydrogen) atoms. The summed E-state index contributed by atoms with van der Waals surface area (Å²) in [6, 6.07) is 20.5. The standard InChI is InChI=1S/C26H25NO4S/c1-26(2,3)19-10-5-16(6-11-19)18-9-14-22-21(15-18)23(24(27-22)25(28)29)17-7-12-20(13-8-17)32(4,30)31/h5-15,27H,1-4H3,(H,28,29). The molecule has 0 bridgehead atoms. The van der Waals surface area contributed by atoms with Gasteiger partial charge < -0.3 is 10.1 Å². The lowest BCUT2D eigenvalue weighted by Crippen LogP contribution is -2.10. The first-order valence-corrected chi connectivity index (χ1v) is 12.1. The molecular formula is C26H25NO4S. The Labute approximate surface area is 187 Å². The van der Waals surface area contributed by atoms with E-state index < -0.39 is 15.8 Å². The van der Waals surface area contributed by atoms with E-state index >= 15 is 0 Å². The molecular weight excluding hydrogens is 422 g/mol. The van der Waals surface area contributed by atoms with Crippen molar-refractivity contribution in [2.45, 2.75) is 31.1 Å². The number of hydrogen-bond acceptors (Lipinski definition) is 3. The van der Waals surface area contributed by atoms with Crippen LogP contribution in [0.2, 0.25) is 0 Å². The van der Waals surface area contributed by atoms with Crippen LogP contribution < -0.4 is 0 Å². The van der Waals surface area contributed by atoms with Gasteiger partial charge in [-0.15, -0.1) is 0 Å². The maximum atomic E-state index is 12.0. The maximum Gasteiger partial charge on any atom is 0.352 e. The van der Waals surface area contributed by atoms with Crippen LogP contribution in [0.5, 0.6) is 0 Å². The predicted molar refractivity (Wildman–Crippen MR) is 128 cm³/mol. The monoisotopic (exact) mass is 447 g/mol. The molecule has 0 aliphatic heterocycles. The van der Waals surface area contributed by atoms with E-state index in [0.29, 0.717) is 16.6 Å². The Morgan fingerprint density at radius 3 is 1.94 bits per heavy atom. The van der Waals surface area contributed by atoms with Gasteiger partial charge in [0.25, 0.3) is 0 Å². The van der Waals surface area contributed by atoms with E-state index in [1.165, 1.54) is 17.7 Å². The van der Waals surface area contributed by atoms with E-state index in [0.717, 1.165) is 22.8 Å². The molecule has 0 aliphatic carbocycles. The molecule has 4 aromatic rings. The number of carbonyl (C=O) groups is 1. The van der Waals surface area contributed by atoms with Gasteiger partial charge in [0.15, 0.2) is 9.84 Å². The first-order chi connectivity index (χ1) is 14.9. The van der Waals surface area contributed by atoms with Gasteiger partial charge in [-0.3, -0.25) is 0 Å². The zero-order valence-corrected chi connectivity index (χ0v) is 19.2. The van der Waals surface area contributed by atoms with Crippen molar-refractivity contribution >= 4 is 26.7 Å². The molecule has 0 spiro atoms. The van der Waals surface area contributed by atoms with Crippen molar-refractivity contribution in [2.24, 2.45) is 0 Å². The van der Waals surface area contributed by atoms with Crippen molar-refractivity contribution in [3.63, 3.8) is 0 Å². The quantitative estimate of drug-likeness (QED) is 0.408. The van der Waals surface area contributed by atoms with Crippen molar-refractivity contribution in [1.29, 1.82) is 0 Å². The SMILES string of the molecule is CC(C)(C)c1ccc(-c2ccc3[nH]c(C(=O)O)c(-c4ccc(S(C)(=O)=O)cc4)c3c2)cc1. The second kappa shape index (κ2) is 7.64. The molecule has 164 valence electrons. The third-order valence-corrected chi connectivity index (χ3v) is 6.80. The average molecular weight is 448 g/mol. The van der Waals surface area contributed by atoms with Crippen molar-refractivity contribution < 1.29 is 18.3 Å². The number of sulfone groups is 1. The topological polar surface area (TPSA) is 87.2 Å². The molecule has 2 N–H and O–H groups in total. The number of hydrogen-bond donors (Lipinski definition) is 2. The Kier molecular flexibility index (Phi) is 5.21. The minimum Gasteiger partial charge on any atom is -0.477 e. The number of rotatable bonds is 4. The normalized spacial score (nSPS) is 12.2. The Bertz CT molecular complexity index is 1420. The summed E-state index contributed by atoms with van der Waals surface area (Å²) in [5, 5.41) is 10.5. The van der Waals surface area contributed by atoms with E-state index in [1.807, 2.05) is 18.2 Å². The minimum atomic E-state index is -3.34. The zero-order valence-electron chi connectivity index (χ0n) is 18.4. The second-order valence-corrected chi connectivity index (χ2v) is 11.1. The molecule has 1 heterocycles. The summed E-state index contributed by atoms with van der Waals surface area (Å²) in [5.74, 6) is -1.07. The number of benzene rings is 3. The van der Waals surface area contributed by atoms with Gasteiger partial charge in [-0.25, -0.2) is 13.2 Å². The number of carboxylic acid groups (broad SMARTS) is 1. The molecule has 0 radical (unpaired) electrons. The van der Waals surface area contributed by atoms with Crippen LogP contribution in [0.25, 0.3) is 33.2 Å². The van der Waals surface area contributed by atoms with Crippen molar-refractivity contribution in [2.75, 3.05) is 6.26 Å². The smallest absolute Gasteiger partial charge is 0.352 e. The lowest BCUT2D eigenvalue weighted by Gasteiger charge is -2.19. The van der Waals surface area contributed by atoms with Crippen LogP contribution in [0.1, 0.15) is 36.8 Å². The fraction of sp³-hybridized carbons (Fsp3) is 0.192. The predicted octanol–water partition coefficient (Wildman–Crippen LogP) is 5.90. The largest absolute Gasteiger partial charge is 0.477 e. The lowest BCUT2D eigenvalue weighted by molar-refractivity contribution is 0.0692. The van der Waals surface area contributed by atoms with Crippen LogP contribution >= 0.6 is 0 Å². The number of aromatic amines is 1. The van der Waals surface area contributed by atoms with Gasteiger partial charge in [0.2, 0.25) is 0 Å². The van der Waals surface area contributed by atoms with E-state index in [4.69, 9.17) is 0 Å². The highest BCUT2D eigenvalue weighted by Gasteiger charge is 2.20. The molecule has 0 saturated carbocycles.